The van der Waals surface area contributed by atoms with Crippen molar-refractivity contribution >= 4 is 34.6 Å². The number of nitrogens with zero attached hydrogens (tertiary/aromatic N) is 4. The highest BCUT2D eigenvalue weighted by molar-refractivity contribution is 6.16. The van der Waals surface area contributed by atoms with E-state index in [9.17, 15) is 22.4 Å². The number of halogens is 4. The van der Waals surface area contributed by atoms with E-state index in [2.05, 4.69) is 25.6 Å². The first-order valence-electron chi connectivity index (χ1n) is 10.1. The Bertz CT molecular complexity index is 1480. The third-order valence-electron chi connectivity index (χ3n) is 5.11. The second-order valence-corrected chi connectivity index (χ2v) is 7.44. The number of fused-ring (bicyclic) bond motifs is 1. The number of alkyl halides is 3. The van der Waals surface area contributed by atoms with Crippen molar-refractivity contribution in [3.63, 3.8) is 0 Å². The molecule has 3 aromatic heterocycles. The summed E-state index contributed by atoms with van der Waals surface area (Å²) in [5, 5.41) is 13.6. The Labute approximate surface area is 195 Å². The number of aryl methyl sites for hydroxylation is 1. The molecule has 1 amide bonds. The van der Waals surface area contributed by atoms with Gasteiger partial charge in [-0.25, -0.2) is 19.3 Å². The van der Waals surface area contributed by atoms with Crippen LogP contribution in [0.2, 0.25) is 0 Å². The third kappa shape index (κ3) is 4.47. The Kier molecular flexibility index (Phi) is 5.84. The molecule has 0 radical (unpaired) electrons. The number of hydrogen-bond donors (Lipinski definition) is 4. The van der Waals surface area contributed by atoms with Crippen molar-refractivity contribution in [2.45, 2.75) is 13.1 Å². The molecule has 0 spiro atoms. The SMILES string of the molecule is CNc1nc(C)nc(N)c1C(=N)c1ccn2c(C(=O)Nc3cc(C(F)(F)F)ccc3F)cnc2c1. The summed E-state index contributed by atoms with van der Waals surface area (Å²) < 4.78 is 54.2. The zero-order valence-corrected chi connectivity index (χ0v) is 18.3. The predicted molar refractivity (Wildman–Crippen MR) is 121 cm³/mol. The fourth-order valence-electron chi connectivity index (χ4n) is 3.45. The average Bonchev–Trinajstić information content (AvgIpc) is 3.22. The molecule has 13 heteroatoms. The molecule has 4 aromatic rings. The maximum absolute atomic E-state index is 14.0. The quantitative estimate of drug-likeness (QED) is 0.250. The summed E-state index contributed by atoms with van der Waals surface area (Å²) in [4.78, 5) is 25.2. The van der Waals surface area contributed by atoms with Gasteiger partial charge in [0, 0.05) is 18.8 Å². The number of aromatic nitrogens is 4. The molecule has 0 atom stereocenters. The number of rotatable bonds is 5. The number of amides is 1. The highest BCUT2D eigenvalue weighted by Gasteiger charge is 2.31. The number of carbonyl (C=O) groups excluding carboxylic acids is 1. The average molecular weight is 486 g/mol. The van der Waals surface area contributed by atoms with Gasteiger partial charge in [0.2, 0.25) is 0 Å². The van der Waals surface area contributed by atoms with Crippen LogP contribution in [0.25, 0.3) is 5.65 Å². The summed E-state index contributed by atoms with van der Waals surface area (Å²) in [6, 6.07) is 4.77. The molecule has 0 aliphatic heterocycles. The second-order valence-electron chi connectivity index (χ2n) is 7.44. The highest BCUT2D eigenvalue weighted by atomic mass is 19.4. The molecular formula is C22H18F4N8O. The lowest BCUT2D eigenvalue weighted by Crippen LogP contribution is -2.16. The fourth-order valence-corrected chi connectivity index (χ4v) is 3.45. The van der Waals surface area contributed by atoms with E-state index in [-0.39, 0.29) is 28.4 Å². The second kappa shape index (κ2) is 8.66. The summed E-state index contributed by atoms with van der Waals surface area (Å²) in [6.07, 6.45) is -2.06. The van der Waals surface area contributed by atoms with Gasteiger partial charge in [-0.05, 0) is 37.3 Å². The van der Waals surface area contributed by atoms with E-state index in [0.29, 0.717) is 35.4 Å². The molecule has 0 aliphatic carbocycles. The van der Waals surface area contributed by atoms with Gasteiger partial charge in [0.15, 0.2) is 0 Å². The van der Waals surface area contributed by atoms with E-state index < -0.39 is 29.2 Å². The summed E-state index contributed by atoms with van der Waals surface area (Å²) in [6.45, 7) is 1.67. The molecule has 9 nitrogen and oxygen atoms in total. The Hall–Kier alpha value is -4.55. The number of imidazole rings is 1. The van der Waals surface area contributed by atoms with E-state index in [4.69, 9.17) is 11.1 Å². The molecule has 0 unspecified atom stereocenters. The van der Waals surface area contributed by atoms with Crippen LogP contribution in [0.3, 0.4) is 0 Å². The lowest BCUT2D eigenvalue weighted by Gasteiger charge is -2.13. The Morgan fingerprint density at radius 1 is 1.17 bits per heavy atom. The van der Waals surface area contributed by atoms with Crippen molar-refractivity contribution in [2.75, 3.05) is 23.4 Å². The zero-order chi connectivity index (χ0) is 25.5. The smallest absolute Gasteiger partial charge is 0.383 e. The lowest BCUT2D eigenvalue weighted by atomic mass is 10.0. The zero-order valence-electron chi connectivity index (χ0n) is 18.3. The van der Waals surface area contributed by atoms with Crippen LogP contribution in [0.1, 0.15) is 33.0 Å². The predicted octanol–water partition coefficient (Wildman–Crippen LogP) is 3.88. The molecule has 1 aromatic carbocycles. The van der Waals surface area contributed by atoms with Crippen LogP contribution in [0.15, 0.2) is 42.7 Å². The van der Waals surface area contributed by atoms with E-state index >= 15 is 0 Å². The maximum atomic E-state index is 14.0. The minimum absolute atomic E-state index is 0.00869. The number of nitrogen functional groups attached to an aromatic ring is 1. The summed E-state index contributed by atoms with van der Waals surface area (Å²) in [7, 11) is 1.63. The fraction of sp³-hybridized carbons (Fsp3) is 0.136. The molecule has 4 rings (SSSR count). The monoisotopic (exact) mass is 486 g/mol. The molecule has 35 heavy (non-hydrogen) atoms. The van der Waals surface area contributed by atoms with Crippen molar-refractivity contribution < 1.29 is 22.4 Å². The minimum Gasteiger partial charge on any atom is -0.383 e. The number of pyridine rings is 1. The van der Waals surface area contributed by atoms with Crippen molar-refractivity contribution in [3.05, 3.63) is 76.8 Å². The minimum atomic E-state index is -4.70. The number of nitrogens with two attached hydrogens (primary N) is 1. The van der Waals surface area contributed by atoms with Crippen molar-refractivity contribution in [1.29, 1.82) is 5.41 Å². The van der Waals surface area contributed by atoms with Gasteiger partial charge >= 0.3 is 6.18 Å². The summed E-state index contributed by atoms with van der Waals surface area (Å²) in [5.74, 6) is -0.981. The number of hydrogen-bond acceptors (Lipinski definition) is 7. The van der Waals surface area contributed by atoms with Crippen LogP contribution in [-0.2, 0) is 6.18 Å². The van der Waals surface area contributed by atoms with Gasteiger partial charge in [-0.3, -0.25) is 14.6 Å². The number of benzene rings is 1. The van der Waals surface area contributed by atoms with Crippen LogP contribution in [0, 0.1) is 18.2 Å². The van der Waals surface area contributed by atoms with Gasteiger partial charge in [0.25, 0.3) is 5.91 Å². The third-order valence-corrected chi connectivity index (χ3v) is 5.11. The Morgan fingerprint density at radius 3 is 2.60 bits per heavy atom. The number of anilines is 3. The molecule has 180 valence electrons. The van der Waals surface area contributed by atoms with Crippen LogP contribution in [0.5, 0.6) is 0 Å². The topological polar surface area (TPSA) is 134 Å². The highest BCUT2D eigenvalue weighted by Crippen LogP contribution is 2.32. The molecule has 5 N–H and O–H groups in total. The van der Waals surface area contributed by atoms with Crippen LogP contribution in [0.4, 0.5) is 34.9 Å². The van der Waals surface area contributed by atoms with Crippen LogP contribution in [-0.4, -0.2) is 38.0 Å². The number of nitrogens with one attached hydrogen (secondary N) is 3. The molecular weight excluding hydrogens is 468 g/mol. The molecule has 0 fully saturated rings. The first-order chi connectivity index (χ1) is 16.5. The maximum Gasteiger partial charge on any atom is 0.416 e. The van der Waals surface area contributed by atoms with Gasteiger partial charge in [0.05, 0.1) is 28.7 Å². The Balaban J connectivity index is 1.65. The van der Waals surface area contributed by atoms with Gasteiger partial charge in [-0.15, -0.1) is 0 Å². The van der Waals surface area contributed by atoms with Crippen molar-refractivity contribution in [2.24, 2.45) is 0 Å². The van der Waals surface area contributed by atoms with Gasteiger partial charge in [0.1, 0.15) is 34.6 Å². The van der Waals surface area contributed by atoms with Gasteiger partial charge in [-0.2, -0.15) is 13.2 Å². The summed E-state index contributed by atoms with van der Waals surface area (Å²) in [5.41, 5.74) is 5.19. The number of carbonyl (C=O) groups is 1. The molecule has 0 saturated heterocycles. The summed E-state index contributed by atoms with van der Waals surface area (Å²) >= 11 is 0. The molecule has 0 bridgehead atoms. The van der Waals surface area contributed by atoms with Crippen LogP contribution < -0.4 is 16.4 Å². The van der Waals surface area contributed by atoms with Crippen LogP contribution >= 0.6 is 0 Å². The van der Waals surface area contributed by atoms with Crippen molar-refractivity contribution in [3.8, 4) is 0 Å². The lowest BCUT2D eigenvalue weighted by molar-refractivity contribution is -0.137. The van der Waals surface area contributed by atoms with Gasteiger partial charge in [-0.1, -0.05) is 0 Å². The normalized spacial score (nSPS) is 11.5. The van der Waals surface area contributed by atoms with E-state index in [1.54, 1.807) is 14.0 Å². The largest absolute Gasteiger partial charge is 0.416 e. The first kappa shape index (κ1) is 23.6. The van der Waals surface area contributed by atoms with E-state index in [1.807, 2.05) is 0 Å². The standard InChI is InChI=1S/C22H18F4N8O/c1-10-31-19(28)17(20(29-2)32-10)18(27)11-5-6-34-15(9-30-16(34)7-11)21(35)33-14-8-12(22(24,25)26)3-4-13(14)23/h3-9,27H,1-2H3,(H,33,35)(H3,28,29,31,32). The molecule has 0 aliphatic rings. The Morgan fingerprint density at radius 2 is 1.91 bits per heavy atom. The van der Waals surface area contributed by atoms with Gasteiger partial charge < -0.3 is 16.4 Å². The van der Waals surface area contributed by atoms with E-state index in [1.165, 1.54) is 28.9 Å². The van der Waals surface area contributed by atoms with Crippen molar-refractivity contribution in [1.82, 2.24) is 19.4 Å². The molecule has 3 heterocycles. The molecule has 0 saturated carbocycles. The van der Waals surface area contributed by atoms with E-state index in [0.717, 1.165) is 0 Å². The first-order valence-corrected chi connectivity index (χ1v) is 10.1.